The van der Waals surface area contributed by atoms with E-state index in [1.807, 2.05) is 6.92 Å². The molecule has 2 aromatic carbocycles. The highest BCUT2D eigenvalue weighted by molar-refractivity contribution is 6.07. The lowest BCUT2D eigenvalue weighted by Crippen LogP contribution is -3.06. The van der Waals surface area contributed by atoms with Crippen LogP contribution in [0.5, 0.6) is 0 Å². The first-order valence-electron chi connectivity index (χ1n) is 8.93. The van der Waals surface area contributed by atoms with E-state index in [-0.39, 0.29) is 29.0 Å². The quantitative estimate of drug-likeness (QED) is 0.640. The first kappa shape index (κ1) is 19.6. The monoisotopic (exact) mass is 381 g/mol. The van der Waals surface area contributed by atoms with Crippen molar-refractivity contribution in [2.75, 3.05) is 0 Å². The van der Waals surface area contributed by atoms with Gasteiger partial charge in [-0.1, -0.05) is 19.1 Å². The Kier molecular flexibility index (Phi) is 5.77. The number of pyridine rings is 1. The Labute approximate surface area is 161 Å². The van der Waals surface area contributed by atoms with E-state index in [0.29, 0.717) is 17.4 Å². The molecule has 1 heterocycles. The Morgan fingerprint density at radius 3 is 2.68 bits per heavy atom. The van der Waals surface area contributed by atoms with Gasteiger partial charge in [0.2, 0.25) is 0 Å². The number of nitrogens with zero attached hydrogens (tertiary/aromatic N) is 1. The fraction of sp³-hybridized carbons (Fsp3) is 0.190. The molecule has 2 unspecified atom stereocenters. The standard InChI is InChI=1S/C21H20FN3O3/c1-2-14(11-13-5-3-6-15(22)12-13)21(27)25(28)18-9-8-17(20(23)26)19-16(18)7-4-10-24-19/h3-10,12,14,25H,2,11H2,1H3,(H2,23,26). The molecule has 144 valence electrons. The van der Waals surface area contributed by atoms with E-state index in [1.165, 1.54) is 30.5 Å². The van der Waals surface area contributed by atoms with Crippen molar-refractivity contribution in [3.8, 4) is 0 Å². The number of rotatable bonds is 6. The van der Waals surface area contributed by atoms with Crippen LogP contribution in [-0.2, 0) is 11.2 Å². The van der Waals surface area contributed by atoms with Gasteiger partial charge in [-0.15, -0.1) is 0 Å². The average Bonchev–Trinajstić information content (AvgIpc) is 2.70. The number of hydrogen-bond acceptors (Lipinski definition) is 4. The third-order valence-electron chi connectivity index (χ3n) is 4.74. The van der Waals surface area contributed by atoms with Gasteiger partial charge < -0.3 is 10.9 Å². The SMILES string of the molecule is CCC(Cc1cccc(F)c1)C(=O)[NH+]([O-])c1ccc(C(N)=O)c2ncccc12. The number of primary amides is 1. The molecule has 0 saturated heterocycles. The molecule has 0 fully saturated rings. The summed E-state index contributed by atoms with van der Waals surface area (Å²) in [5.41, 5.74) is 6.68. The van der Waals surface area contributed by atoms with Gasteiger partial charge >= 0.3 is 5.91 Å². The van der Waals surface area contributed by atoms with E-state index in [9.17, 15) is 19.2 Å². The summed E-state index contributed by atoms with van der Waals surface area (Å²) in [4.78, 5) is 28.6. The summed E-state index contributed by atoms with van der Waals surface area (Å²) in [6, 6.07) is 12.1. The van der Waals surface area contributed by atoms with Crippen molar-refractivity contribution in [3.05, 3.63) is 76.9 Å². The molecule has 7 heteroatoms. The highest BCUT2D eigenvalue weighted by Gasteiger charge is 2.27. The number of aromatic nitrogens is 1. The highest BCUT2D eigenvalue weighted by Crippen LogP contribution is 2.23. The molecule has 28 heavy (non-hydrogen) atoms. The number of nitrogens with one attached hydrogen (secondary N) is 1. The number of carbonyl (C=O) groups is 2. The number of halogens is 1. The zero-order valence-electron chi connectivity index (χ0n) is 15.3. The van der Waals surface area contributed by atoms with E-state index in [1.54, 1.807) is 24.3 Å². The van der Waals surface area contributed by atoms with E-state index < -0.39 is 22.8 Å². The molecule has 2 amide bonds. The van der Waals surface area contributed by atoms with Gasteiger partial charge in [-0.2, -0.15) is 0 Å². The van der Waals surface area contributed by atoms with Gasteiger partial charge in [-0.05, 0) is 48.7 Å². The summed E-state index contributed by atoms with van der Waals surface area (Å²) >= 11 is 0. The van der Waals surface area contributed by atoms with Gasteiger partial charge in [0.15, 0.2) is 0 Å². The molecule has 0 aliphatic heterocycles. The number of hydroxylamine groups is 1. The summed E-state index contributed by atoms with van der Waals surface area (Å²) in [6.07, 6.45) is 2.20. The molecular weight excluding hydrogens is 361 g/mol. The third-order valence-corrected chi connectivity index (χ3v) is 4.74. The van der Waals surface area contributed by atoms with Crippen LogP contribution in [0.2, 0.25) is 0 Å². The van der Waals surface area contributed by atoms with Crippen molar-refractivity contribution < 1.29 is 19.0 Å². The molecule has 1 aromatic heterocycles. The number of benzene rings is 2. The number of nitrogens with two attached hydrogens (primary N) is 1. The highest BCUT2D eigenvalue weighted by atomic mass is 19.1. The molecule has 0 radical (unpaired) electrons. The maximum absolute atomic E-state index is 13.4. The fourth-order valence-corrected chi connectivity index (χ4v) is 3.26. The Morgan fingerprint density at radius 2 is 2.00 bits per heavy atom. The smallest absolute Gasteiger partial charge is 0.320 e. The predicted octanol–water partition coefficient (Wildman–Crippen LogP) is 2.28. The van der Waals surface area contributed by atoms with Crippen LogP contribution in [0.3, 0.4) is 0 Å². The number of amides is 2. The maximum Gasteiger partial charge on any atom is 0.320 e. The van der Waals surface area contributed by atoms with Gasteiger partial charge in [-0.3, -0.25) is 14.8 Å². The Balaban J connectivity index is 1.94. The van der Waals surface area contributed by atoms with Gasteiger partial charge in [0.25, 0.3) is 5.91 Å². The molecule has 0 aliphatic carbocycles. The maximum atomic E-state index is 13.4. The van der Waals surface area contributed by atoms with Crippen LogP contribution in [0.25, 0.3) is 10.9 Å². The molecule has 0 aliphatic rings. The van der Waals surface area contributed by atoms with Gasteiger partial charge in [0.1, 0.15) is 11.5 Å². The second-order valence-corrected chi connectivity index (χ2v) is 6.56. The Hall–Kier alpha value is -3.16. The van der Waals surface area contributed by atoms with Crippen LogP contribution in [0, 0.1) is 16.9 Å². The minimum Gasteiger partial charge on any atom is -0.621 e. The number of carbonyl (C=O) groups excluding carboxylic acids is 2. The molecular formula is C21H20FN3O3. The Bertz CT molecular complexity index is 1040. The van der Waals surface area contributed by atoms with Crippen molar-refractivity contribution in [2.45, 2.75) is 19.8 Å². The van der Waals surface area contributed by atoms with Crippen molar-refractivity contribution in [3.63, 3.8) is 0 Å². The molecule has 0 saturated carbocycles. The lowest BCUT2D eigenvalue weighted by molar-refractivity contribution is -0.690. The van der Waals surface area contributed by atoms with Crippen LogP contribution in [0.4, 0.5) is 10.1 Å². The van der Waals surface area contributed by atoms with Gasteiger partial charge in [-0.25, -0.2) is 9.18 Å². The zero-order valence-corrected chi connectivity index (χ0v) is 15.3. The molecule has 3 aromatic rings. The molecule has 0 bridgehead atoms. The number of hydrogen-bond donors (Lipinski definition) is 2. The minimum atomic E-state index is -0.661. The van der Waals surface area contributed by atoms with Crippen LogP contribution in [0.1, 0.15) is 29.3 Å². The lowest BCUT2D eigenvalue weighted by atomic mass is 9.95. The second-order valence-electron chi connectivity index (χ2n) is 6.56. The predicted molar refractivity (Wildman–Crippen MR) is 103 cm³/mol. The fourth-order valence-electron chi connectivity index (χ4n) is 3.26. The first-order valence-corrected chi connectivity index (χ1v) is 8.93. The number of fused-ring (bicyclic) bond motifs is 1. The zero-order chi connectivity index (χ0) is 20.3. The topological polar surface area (TPSA) is 101 Å². The largest absolute Gasteiger partial charge is 0.621 e. The van der Waals surface area contributed by atoms with E-state index in [0.717, 1.165) is 0 Å². The molecule has 2 atom stereocenters. The summed E-state index contributed by atoms with van der Waals surface area (Å²) in [7, 11) is 0. The van der Waals surface area contributed by atoms with Crippen LogP contribution < -0.4 is 10.8 Å². The third kappa shape index (κ3) is 3.90. The lowest BCUT2D eigenvalue weighted by Gasteiger charge is -2.25. The van der Waals surface area contributed by atoms with Gasteiger partial charge in [0.05, 0.1) is 22.4 Å². The van der Waals surface area contributed by atoms with Crippen LogP contribution in [0.15, 0.2) is 54.7 Å². The average molecular weight is 381 g/mol. The molecule has 3 N–H and O–H groups in total. The molecule has 6 nitrogen and oxygen atoms in total. The van der Waals surface area contributed by atoms with Crippen molar-refractivity contribution in [2.24, 2.45) is 11.7 Å². The molecule has 0 spiro atoms. The summed E-state index contributed by atoms with van der Waals surface area (Å²) in [5, 5.41) is 12.7. The Morgan fingerprint density at radius 1 is 1.21 bits per heavy atom. The first-order chi connectivity index (χ1) is 13.4. The van der Waals surface area contributed by atoms with Crippen LogP contribution in [-0.4, -0.2) is 16.8 Å². The molecule has 3 rings (SSSR count). The summed E-state index contributed by atoms with van der Waals surface area (Å²) in [5.74, 6) is -2.17. The summed E-state index contributed by atoms with van der Waals surface area (Å²) in [6.45, 7) is 1.81. The number of quaternary nitrogens is 1. The van der Waals surface area contributed by atoms with Crippen LogP contribution >= 0.6 is 0 Å². The van der Waals surface area contributed by atoms with Crippen molar-refractivity contribution >= 4 is 28.4 Å². The van der Waals surface area contributed by atoms with Crippen molar-refractivity contribution in [1.82, 2.24) is 4.98 Å². The summed E-state index contributed by atoms with van der Waals surface area (Å²) < 4.78 is 13.4. The van der Waals surface area contributed by atoms with Crippen molar-refractivity contribution in [1.29, 1.82) is 0 Å². The van der Waals surface area contributed by atoms with E-state index >= 15 is 0 Å². The van der Waals surface area contributed by atoms with E-state index in [4.69, 9.17) is 5.73 Å². The second kappa shape index (κ2) is 8.24. The minimum absolute atomic E-state index is 0.177. The van der Waals surface area contributed by atoms with Gasteiger partial charge in [0, 0.05) is 12.3 Å². The normalized spacial score (nSPS) is 13.2. The van der Waals surface area contributed by atoms with E-state index in [2.05, 4.69) is 4.98 Å².